The molecule has 1 fully saturated rings. The van der Waals surface area contributed by atoms with Gasteiger partial charge >= 0.3 is 0 Å². The summed E-state index contributed by atoms with van der Waals surface area (Å²) in [6.45, 7) is 2.60. The van der Waals surface area contributed by atoms with Crippen LogP contribution in [0.1, 0.15) is 37.3 Å². The third kappa shape index (κ3) is 6.60. The molecular weight excluding hydrogens is 416 g/mol. The van der Waals surface area contributed by atoms with Crippen molar-refractivity contribution >= 4 is 17.7 Å². The van der Waals surface area contributed by atoms with Crippen LogP contribution in [0.3, 0.4) is 0 Å². The van der Waals surface area contributed by atoms with Crippen molar-refractivity contribution in [2.24, 2.45) is 0 Å². The Morgan fingerprint density at radius 2 is 1.75 bits per heavy atom. The van der Waals surface area contributed by atoms with Gasteiger partial charge in [-0.15, -0.1) is 0 Å². The molecule has 6 nitrogen and oxygen atoms in total. The number of rotatable bonds is 7. The van der Waals surface area contributed by atoms with Crippen molar-refractivity contribution in [2.75, 3.05) is 6.54 Å². The second kappa shape index (κ2) is 10.8. The van der Waals surface area contributed by atoms with Gasteiger partial charge in [-0.05, 0) is 49.4 Å². The Morgan fingerprint density at radius 1 is 1.06 bits per heavy atom. The largest absolute Gasteiger partial charge is 0.344 e. The molecule has 1 heterocycles. The third-order valence-electron chi connectivity index (χ3n) is 5.37. The highest BCUT2D eigenvalue weighted by Crippen LogP contribution is 2.16. The lowest BCUT2D eigenvalue weighted by Gasteiger charge is -2.26. The molecule has 2 unspecified atom stereocenters. The summed E-state index contributed by atoms with van der Waals surface area (Å²) in [5.74, 6) is -2.72. The van der Waals surface area contributed by atoms with E-state index in [2.05, 4.69) is 10.6 Å². The first kappa shape index (κ1) is 23.4. The molecule has 3 amide bonds. The van der Waals surface area contributed by atoms with Crippen molar-refractivity contribution in [3.8, 4) is 0 Å². The normalized spacial score (nSPS) is 17.4. The smallest absolute Gasteiger partial charge is 0.245 e. The average Bonchev–Trinajstić information content (AvgIpc) is 2.90. The molecule has 170 valence electrons. The van der Waals surface area contributed by atoms with E-state index in [1.165, 1.54) is 6.92 Å². The predicted octanol–water partition coefficient (Wildman–Crippen LogP) is 2.71. The summed E-state index contributed by atoms with van der Waals surface area (Å²) in [6.07, 6.45) is 1.91. The lowest BCUT2D eigenvalue weighted by molar-refractivity contribution is -0.137. The molecule has 32 heavy (non-hydrogen) atoms. The molecule has 0 aromatic heterocycles. The number of benzene rings is 2. The zero-order valence-corrected chi connectivity index (χ0v) is 17.9. The number of hydrogen-bond acceptors (Lipinski definition) is 3. The maximum absolute atomic E-state index is 13.3. The van der Waals surface area contributed by atoms with Crippen LogP contribution in [-0.2, 0) is 27.3 Å². The van der Waals surface area contributed by atoms with Gasteiger partial charge in [0.1, 0.15) is 23.7 Å². The van der Waals surface area contributed by atoms with E-state index >= 15 is 0 Å². The topological polar surface area (TPSA) is 78.5 Å². The molecule has 0 radical (unpaired) electrons. The Labute approximate surface area is 186 Å². The fraction of sp³-hybridized carbons (Fsp3) is 0.375. The van der Waals surface area contributed by atoms with Crippen LogP contribution >= 0.6 is 0 Å². The van der Waals surface area contributed by atoms with Gasteiger partial charge in [-0.1, -0.05) is 30.3 Å². The summed E-state index contributed by atoms with van der Waals surface area (Å²) < 4.78 is 26.6. The van der Waals surface area contributed by atoms with Crippen molar-refractivity contribution in [3.63, 3.8) is 0 Å². The van der Waals surface area contributed by atoms with Gasteiger partial charge in [-0.25, -0.2) is 8.78 Å². The van der Waals surface area contributed by atoms with Gasteiger partial charge in [-0.2, -0.15) is 0 Å². The molecule has 1 aliphatic rings. The molecule has 2 aromatic rings. The molecule has 2 atom stereocenters. The van der Waals surface area contributed by atoms with Crippen LogP contribution in [0.2, 0.25) is 0 Å². The number of halogens is 2. The number of amides is 3. The minimum Gasteiger partial charge on any atom is -0.344 e. The second-order valence-electron chi connectivity index (χ2n) is 8.05. The fourth-order valence-corrected chi connectivity index (χ4v) is 3.75. The van der Waals surface area contributed by atoms with E-state index in [1.807, 2.05) is 30.3 Å². The van der Waals surface area contributed by atoms with E-state index in [4.69, 9.17) is 0 Å². The van der Waals surface area contributed by atoms with E-state index < -0.39 is 35.5 Å². The van der Waals surface area contributed by atoms with Crippen LogP contribution < -0.4 is 10.6 Å². The van der Waals surface area contributed by atoms with Gasteiger partial charge in [0.25, 0.3) is 0 Å². The molecule has 1 saturated heterocycles. The van der Waals surface area contributed by atoms with E-state index in [1.54, 1.807) is 4.90 Å². The second-order valence-corrected chi connectivity index (χ2v) is 8.05. The summed E-state index contributed by atoms with van der Waals surface area (Å²) in [4.78, 5) is 39.6. The van der Waals surface area contributed by atoms with Gasteiger partial charge in [0.05, 0.1) is 6.42 Å². The Morgan fingerprint density at radius 3 is 2.44 bits per heavy atom. The summed E-state index contributed by atoms with van der Waals surface area (Å²) >= 11 is 0. The van der Waals surface area contributed by atoms with Crippen molar-refractivity contribution in [3.05, 3.63) is 71.3 Å². The first-order valence-corrected chi connectivity index (χ1v) is 10.7. The molecule has 0 aliphatic carbocycles. The number of carbonyl (C=O) groups is 3. The lowest BCUT2D eigenvalue weighted by Crippen LogP contribution is -2.53. The monoisotopic (exact) mass is 443 g/mol. The van der Waals surface area contributed by atoms with Gasteiger partial charge in [0.15, 0.2) is 0 Å². The van der Waals surface area contributed by atoms with Crippen LogP contribution in [0, 0.1) is 11.6 Å². The maximum Gasteiger partial charge on any atom is 0.245 e. The molecule has 0 spiro atoms. The minimum atomic E-state index is -0.903. The Hall–Kier alpha value is -3.29. The number of carbonyl (C=O) groups excluding carboxylic acids is 3. The predicted molar refractivity (Wildman–Crippen MR) is 115 cm³/mol. The number of nitrogens with one attached hydrogen (secondary N) is 2. The van der Waals surface area contributed by atoms with Gasteiger partial charge < -0.3 is 15.5 Å². The molecule has 0 saturated carbocycles. The SMILES string of the molecule is CC(NC(=O)Cc1cc(F)cc(F)c1)C(=O)NC1CCCCN(Cc2ccccc2)C1=O. The highest BCUT2D eigenvalue weighted by atomic mass is 19.1. The third-order valence-corrected chi connectivity index (χ3v) is 5.37. The molecule has 2 aromatic carbocycles. The quantitative estimate of drug-likeness (QED) is 0.691. The van der Waals surface area contributed by atoms with E-state index in [0.717, 1.165) is 36.6 Å². The first-order valence-electron chi connectivity index (χ1n) is 10.7. The summed E-state index contributed by atoms with van der Waals surface area (Å²) in [5.41, 5.74) is 1.19. The van der Waals surface area contributed by atoms with Crippen LogP contribution in [0.4, 0.5) is 8.78 Å². The first-order chi connectivity index (χ1) is 15.3. The zero-order valence-electron chi connectivity index (χ0n) is 17.9. The van der Waals surface area contributed by atoms with Gasteiger partial charge in [-0.3, -0.25) is 14.4 Å². The van der Waals surface area contributed by atoms with Crippen LogP contribution in [0.15, 0.2) is 48.5 Å². The standard InChI is InChI=1S/C24H27F2N3O3/c1-16(27-22(30)13-18-11-19(25)14-20(26)12-18)23(31)28-21-9-5-6-10-29(24(21)32)15-17-7-3-2-4-8-17/h2-4,7-8,11-12,14,16,21H,5-6,9-10,13,15H2,1H3,(H,27,30)(H,28,31). The zero-order chi connectivity index (χ0) is 23.1. The lowest BCUT2D eigenvalue weighted by atomic mass is 10.1. The van der Waals surface area contributed by atoms with Crippen molar-refractivity contribution in [1.82, 2.24) is 15.5 Å². The molecule has 1 aliphatic heterocycles. The van der Waals surface area contributed by atoms with E-state index in [-0.39, 0.29) is 17.9 Å². The average molecular weight is 443 g/mol. The highest BCUT2D eigenvalue weighted by molar-refractivity contribution is 5.92. The van der Waals surface area contributed by atoms with Crippen molar-refractivity contribution in [1.29, 1.82) is 0 Å². The highest BCUT2D eigenvalue weighted by Gasteiger charge is 2.29. The van der Waals surface area contributed by atoms with Crippen molar-refractivity contribution < 1.29 is 23.2 Å². The van der Waals surface area contributed by atoms with Gasteiger partial charge in [0, 0.05) is 19.2 Å². The summed E-state index contributed by atoms with van der Waals surface area (Å²) in [6, 6.07) is 10.9. The molecular formula is C24H27F2N3O3. The summed E-state index contributed by atoms with van der Waals surface area (Å²) in [7, 11) is 0. The number of nitrogens with zero attached hydrogens (tertiary/aromatic N) is 1. The molecule has 3 rings (SSSR count). The number of likely N-dealkylation sites (tertiary alicyclic amines) is 1. The van der Waals surface area contributed by atoms with Crippen LogP contribution in [-0.4, -0.2) is 41.2 Å². The molecule has 8 heteroatoms. The Balaban J connectivity index is 1.55. The van der Waals surface area contributed by atoms with Crippen LogP contribution in [0.5, 0.6) is 0 Å². The van der Waals surface area contributed by atoms with Gasteiger partial charge in [0.2, 0.25) is 17.7 Å². The Kier molecular flexibility index (Phi) is 7.92. The van der Waals surface area contributed by atoms with Crippen molar-refractivity contribution in [2.45, 2.75) is 51.2 Å². The number of hydrogen-bond donors (Lipinski definition) is 2. The fourth-order valence-electron chi connectivity index (χ4n) is 3.75. The van der Waals surface area contributed by atoms with E-state index in [0.29, 0.717) is 19.5 Å². The minimum absolute atomic E-state index is 0.145. The maximum atomic E-state index is 13.3. The molecule has 2 N–H and O–H groups in total. The molecule has 0 bridgehead atoms. The van der Waals surface area contributed by atoms with Crippen LogP contribution in [0.25, 0.3) is 0 Å². The van der Waals surface area contributed by atoms with E-state index in [9.17, 15) is 23.2 Å². The summed E-state index contributed by atoms with van der Waals surface area (Å²) in [5, 5.41) is 5.26. The Bertz CT molecular complexity index is 948.